The van der Waals surface area contributed by atoms with E-state index in [1.165, 1.54) is 16.6 Å². The van der Waals surface area contributed by atoms with Crippen LogP contribution >= 0.6 is 0 Å². The lowest BCUT2D eigenvalue weighted by molar-refractivity contribution is 0.584. The van der Waals surface area contributed by atoms with Crippen LogP contribution in [0.25, 0.3) is 34.0 Å². The molecule has 0 atom stereocenters. The van der Waals surface area contributed by atoms with Crippen LogP contribution in [0.4, 0.5) is 0 Å². The van der Waals surface area contributed by atoms with Gasteiger partial charge in [-0.25, -0.2) is 0 Å². The maximum atomic E-state index is 5.79. The first-order valence-electron chi connectivity index (χ1n) is 7.86. The summed E-state index contributed by atoms with van der Waals surface area (Å²) in [5.74, 6) is 1.07. The Balaban J connectivity index is 1.61. The lowest BCUT2D eigenvalue weighted by atomic mass is 9.93. The van der Waals surface area contributed by atoms with E-state index in [-0.39, 0.29) is 0 Å². The minimum atomic E-state index is 0.532. The second kappa shape index (κ2) is 6.16. The Bertz CT molecular complexity index is 945. The maximum Gasteiger partial charge on any atom is 0.248 e. The fourth-order valence-corrected chi connectivity index (χ4v) is 2.59. The Morgan fingerprint density at radius 1 is 0.542 bits per heavy atom. The quantitative estimate of drug-likeness (QED) is 0.545. The predicted molar refractivity (Wildman–Crippen MR) is 98.8 cm³/mol. The van der Waals surface area contributed by atoms with E-state index < -0.39 is 0 Å². The fraction of sp³-hybridized carbons (Fsp3) is 0. The van der Waals surface area contributed by atoms with Crippen LogP contribution in [0, 0.1) is 0 Å². The van der Waals surface area contributed by atoms with E-state index in [9.17, 15) is 0 Å². The van der Waals surface area contributed by atoms with Crippen LogP contribution in [0.2, 0.25) is 0 Å². The largest absolute Gasteiger partial charge is 0.416 e. The molecule has 0 spiro atoms. The van der Waals surface area contributed by atoms with Crippen molar-refractivity contribution in [2.75, 3.05) is 0 Å². The first-order valence-corrected chi connectivity index (χ1v) is 7.86. The lowest BCUT2D eigenvalue weighted by Gasteiger charge is -2.03. The predicted octanol–water partition coefficient (Wildman–Crippen LogP) is 3.33. The summed E-state index contributed by atoms with van der Waals surface area (Å²) in [5.41, 5.74) is 5.46. The zero-order chi connectivity index (χ0) is 16.4. The molecular weight excluding hydrogens is 295 g/mol. The molecule has 114 valence electrons. The SMILES string of the molecule is Bc1ccc(-c2ccc(-c3nnc(-c4ccccc4)o3)cc2)cc1. The molecule has 0 radical (unpaired) electrons. The zero-order valence-electron chi connectivity index (χ0n) is 13.3. The topological polar surface area (TPSA) is 38.9 Å². The molecule has 4 heteroatoms. The van der Waals surface area contributed by atoms with Crippen molar-refractivity contribution in [1.29, 1.82) is 0 Å². The Kier molecular flexibility index (Phi) is 3.71. The van der Waals surface area contributed by atoms with E-state index in [4.69, 9.17) is 4.42 Å². The number of hydrogen-bond donors (Lipinski definition) is 0. The third kappa shape index (κ3) is 2.86. The lowest BCUT2D eigenvalue weighted by Crippen LogP contribution is -1.99. The molecule has 0 fully saturated rings. The van der Waals surface area contributed by atoms with E-state index in [1.54, 1.807) is 0 Å². The zero-order valence-corrected chi connectivity index (χ0v) is 13.3. The summed E-state index contributed by atoms with van der Waals surface area (Å²) in [4.78, 5) is 0. The summed E-state index contributed by atoms with van der Waals surface area (Å²) in [7, 11) is 2.09. The molecule has 4 rings (SSSR count). The van der Waals surface area contributed by atoms with Gasteiger partial charge in [-0.15, -0.1) is 10.2 Å². The molecule has 3 aromatic carbocycles. The highest BCUT2D eigenvalue weighted by Gasteiger charge is 2.10. The van der Waals surface area contributed by atoms with Crippen molar-refractivity contribution in [3.63, 3.8) is 0 Å². The second-order valence-corrected chi connectivity index (χ2v) is 5.72. The highest BCUT2D eigenvalue weighted by molar-refractivity contribution is 6.32. The molecule has 0 N–H and O–H groups in total. The average molecular weight is 310 g/mol. The third-order valence-corrected chi connectivity index (χ3v) is 3.96. The molecule has 0 saturated carbocycles. The summed E-state index contributed by atoms with van der Waals surface area (Å²) >= 11 is 0. The molecule has 0 aliphatic heterocycles. The first kappa shape index (κ1) is 14.5. The molecule has 0 bridgehead atoms. The molecule has 1 heterocycles. The smallest absolute Gasteiger partial charge is 0.248 e. The normalized spacial score (nSPS) is 10.7. The van der Waals surface area contributed by atoms with Gasteiger partial charge in [-0.1, -0.05) is 60.1 Å². The average Bonchev–Trinajstić information content (AvgIpc) is 3.13. The van der Waals surface area contributed by atoms with E-state index in [2.05, 4.69) is 54.4 Å². The summed E-state index contributed by atoms with van der Waals surface area (Å²) in [6, 6.07) is 26.5. The van der Waals surface area contributed by atoms with Gasteiger partial charge < -0.3 is 4.42 Å². The van der Waals surface area contributed by atoms with Crippen LogP contribution in [-0.4, -0.2) is 18.0 Å². The molecule has 0 aliphatic rings. The Hall–Kier alpha value is -3.14. The van der Waals surface area contributed by atoms with Crippen LogP contribution in [0.1, 0.15) is 0 Å². The molecular formula is C20H15BN2O. The van der Waals surface area contributed by atoms with Crippen LogP contribution in [-0.2, 0) is 0 Å². The van der Waals surface area contributed by atoms with Crippen molar-refractivity contribution >= 4 is 13.3 Å². The molecule has 3 nitrogen and oxygen atoms in total. The second-order valence-electron chi connectivity index (χ2n) is 5.72. The monoisotopic (exact) mass is 310 g/mol. The summed E-state index contributed by atoms with van der Waals surface area (Å²) in [6.07, 6.45) is 0. The Morgan fingerprint density at radius 2 is 1.00 bits per heavy atom. The number of aromatic nitrogens is 2. The number of benzene rings is 3. The van der Waals surface area contributed by atoms with Gasteiger partial charge in [0.1, 0.15) is 7.85 Å². The van der Waals surface area contributed by atoms with Crippen LogP contribution in [0.15, 0.2) is 83.3 Å². The molecule has 0 saturated heterocycles. The summed E-state index contributed by atoms with van der Waals surface area (Å²) < 4.78 is 5.79. The van der Waals surface area contributed by atoms with Crippen LogP contribution < -0.4 is 5.46 Å². The number of rotatable bonds is 3. The van der Waals surface area contributed by atoms with Crippen molar-refractivity contribution in [3.05, 3.63) is 78.9 Å². The Labute approximate surface area is 141 Å². The number of nitrogens with zero attached hydrogens (tertiary/aromatic N) is 2. The van der Waals surface area contributed by atoms with Crippen molar-refractivity contribution in [2.45, 2.75) is 0 Å². The van der Waals surface area contributed by atoms with Crippen molar-refractivity contribution < 1.29 is 4.42 Å². The van der Waals surface area contributed by atoms with Crippen molar-refractivity contribution in [2.24, 2.45) is 0 Å². The van der Waals surface area contributed by atoms with Gasteiger partial charge >= 0.3 is 0 Å². The first-order chi connectivity index (χ1) is 11.8. The van der Waals surface area contributed by atoms with Gasteiger partial charge in [-0.05, 0) is 35.4 Å². The highest BCUT2D eigenvalue weighted by Crippen LogP contribution is 2.26. The standard InChI is InChI=1S/C20H15BN2O/c21-18-12-10-15(11-13-18)14-6-8-17(9-7-14)20-23-22-19(24-20)16-4-2-1-3-5-16/h1-13H,21H2. The minimum absolute atomic E-state index is 0.532. The number of hydrogen-bond acceptors (Lipinski definition) is 3. The summed E-state index contributed by atoms with van der Waals surface area (Å²) in [6.45, 7) is 0. The third-order valence-electron chi connectivity index (χ3n) is 3.96. The van der Waals surface area contributed by atoms with Crippen LogP contribution in [0.5, 0.6) is 0 Å². The molecule has 0 aliphatic carbocycles. The maximum absolute atomic E-state index is 5.79. The van der Waals surface area contributed by atoms with Gasteiger partial charge in [0.15, 0.2) is 0 Å². The van der Waals surface area contributed by atoms with Gasteiger partial charge in [0.05, 0.1) is 0 Å². The van der Waals surface area contributed by atoms with E-state index in [0.29, 0.717) is 11.8 Å². The van der Waals surface area contributed by atoms with E-state index in [0.717, 1.165) is 11.1 Å². The molecule has 1 aromatic heterocycles. The van der Waals surface area contributed by atoms with Gasteiger partial charge in [-0.2, -0.15) is 0 Å². The van der Waals surface area contributed by atoms with Crippen molar-refractivity contribution in [1.82, 2.24) is 10.2 Å². The molecule has 0 unspecified atom stereocenters. The fourth-order valence-electron chi connectivity index (χ4n) is 2.59. The summed E-state index contributed by atoms with van der Waals surface area (Å²) in [5, 5.41) is 8.30. The van der Waals surface area contributed by atoms with Crippen LogP contribution in [0.3, 0.4) is 0 Å². The van der Waals surface area contributed by atoms with Gasteiger partial charge in [0.25, 0.3) is 0 Å². The molecule has 4 aromatic rings. The highest BCUT2D eigenvalue weighted by atomic mass is 16.4. The van der Waals surface area contributed by atoms with Crippen molar-refractivity contribution in [3.8, 4) is 34.0 Å². The van der Waals surface area contributed by atoms with Gasteiger partial charge in [0, 0.05) is 11.1 Å². The Morgan fingerprint density at radius 3 is 1.58 bits per heavy atom. The minimum Gasteiger partial charge on any atom is -0.416 e. The van der Waals surface area contributed by atoms with E-state index in [1.807, 2.05) is 42.5 Å². The molecule has 0 amide bonds. The molecule has 24 heavy (non-hydrogen) atoms. The van der Waals surface area contributed by atoms with E-state index >= 15 is 0 Å². The van der Waals surface area contributed by atoms with Gasteiger partial charge in [-0.3, -0.25) is 0 Å². The van der Waals surface area contributed by atoms with Gasteiger partial charge in [0.2, 0.25) is 11.8 Å².